The van der Waals surface area contributed by atoms with E-state index in [1.54, 1.807) is 18.2 Å². The van der Waals surface area contributed by atoms with Crippen molar-refractivity contribution in [2.45, 2.75) is 6.54 Å². The van der Waals surface area contributed by atoms with Gasteiger partial charge >= 0.3 is 0 Å². The Morgan fingerprint density at radius 2 is 1.87 bits per heavy atom. The van der Waals surface area contributed by atoms with Gasteiger partial charge in [-0.2, -0.15) is 0 Å². The van der Waals surface area contributed by atoms with Gasteiger partial charge in [0.25, 0.3) is 5.56 Å². The Morgan fingerprint density at radius 1 is 1.13 bits per heavy atom. The molecule has 6 heteroatoms. The van der Waals surface area contributed by atoms with Crippen molar-refractivity contribution in [3.05, 3.63) is 75.0 Å². The minimum atomic E-state index is -0.320. The fourth-order valence-corrected chi connectivity index (χ4v) is 2.87. The number of nitrogens with one attached hydrogen (secondary N) is 1. The zero-order valence-electron chi connectivity index (χ0n) is 11.9. The summed E-state index contributed by atoms with van der Waals surface area (Å²) in [6.07, 6.45) is 0. The number of fused-ring (bicyclic) bond motifs is 3. The first-order valence-electron chi connectivity index (χ1n) is 7.02. The third-order valence-electron chi connectivity index (χ3n) is 3.77. The molecule has 23 heavy (non-hydrogen) atoms. The highest BCUT2D eigenvalue weighted by Crippen LogP contribution is 2.24. The number of rotatable bonds is 2. The van der Waals surface area contributed by atoms with E-state index in [0.717, 1.165) is 10.9 Å². The predicted molar refractivity (Wildman–Crippen MR) is 88.7 cm³/mol. The summed E-state index contributed by atoms with van der Waals surface area (Å²) in [5.74, 6) is -0.320. The number of H-pyrrole nitrogens is 1. The topological polar surface area (TPSA) is 50.9 Å². The van der Waals surface area contributed by atoms with Gasteiger partial charge in [0.2, 0.25) is 5.58 Å². The van der Waals surface area contributed by atoms with Gasteiger partial charge in [-0.3, -0.25) is 9.36 Å². The summed E-state index contributed by atoms with van der Waals surface area (Å²) in [4.78, 5) is 15.8. The molecule has 0 aliphatic rings. The van der Waals surface area contributed by atoms with Crippen molar-refractivity contribution < 1.29 is 8.81 Å². The second-order valence-corrected chi connectivity index (χ2v) is 5.64. The van der Waals surface area contributed by atoms with Crippen molar-refractivity contribution >= 4 is 34.3 Å². The molecule has 0 aliphatic carbocycles. The molecule has 0 aliphatic heterocycles. The molecule has 0 amide bonds. The summed E-state index contributed by atoms with van der Waals surface area (Å²) >= 11 is 5.31. The van der Waals surface area contributed by atoms with Crippen LogP contribution in [0.3, 0.4) is 0 Å². The van der Waals surface area contributed by atoms with E-state index in [2.05, 4.69) is 4.98 Å². The monoisotopic (exact) mass is 326 g/mol. The minimum absolute atomic E-state index is 0.238. The van der Waals surface area contributed by atoms with Crippen LogP contribution in [0.25, 0.3) is 22.1 Å². The molecule has 4 rings (SSSR count). The van der Waals surface area contributed by atoms with E-state index in [9.17, 15) is 9.18 Å². The number of benzene rings is 2. The van der Waals surface area contributed by atoms with Gasteiger partial charge in [0, 0.05) is 5.39 Å². The summed E-state index contributed by atoms with van der Waals surface area (Å²) in [5.41, 5.74) is 1.95. The smallest absolute Gasteiger partial charge is 0.298 e. The van der Waals surface area contributed by atoms with Gasteiger partial charge in [0.05, 0.1) is 6.54 Å². The number of aromatic nitrogens is 2. The minimum Gasteiger partial charge on any atom is -0.449 e. The van der Waals surface area contributed by atoms with Gasteiger partial charge in [-0.15, -0.1) is 0 Å². The largest absolute Gasteiger partial charge is 0.449 e. The molecule has 0 fully saturated rings. The van der Waals surface area contributed by atoms with Gasteiger partial charge in [0.15, 0.2) is 4.77 Å². The number of aromatic amines is 1. The fraction of sp³-hybridized carbons (Fsp3) is 0.0588. The first-order valence-corrected chi connectivity index (χ1v) is 7.43. The van der Waals surface area contributed by atoms with E-state index >= 15 is 0 Å². The van der Waals surface area contributed by atoms with Gasteiger partial charge < -0.3 is 9.40 Å². The maximum absolute atomic E-state index is 13.0. The number of nitrogens with zero attached hydrogens (tertiary/aromatic N) is 1. The lowest BCUT2D eigenvalue weighted by atomic mass is 10.2. The molecule has 0 unspecified atom stereocenters. The molecule has 4 aromatic rings. The quantitative estimate of drug-likeness (QED) is 0.567. The van der Waals surface area contributed by atoms with Crippen LogP contribution in [-0.4, -0.2) is 9.55 Å². The second-order valence-electron chi connectivity index (χ2n) is 5.25. The summed E-state index contributed by atoms with van der Waals surface area (Å²) < 4.78 is 20.4. The standard InChI is InChI=1S/C17H11FN2O2S/c18-11-7-5-10(6-8-11)9-20-16(21)15-14(19-17(20)23)12-3-1-2-4-13(12)22-15/h1-8H,9H2,(H,19,23). The number of furan rings is 1. The van der Waals surface area contributed by atoms with Crippen molar-refractivity contribution in [3.63, 3.8) is 0 Å². The Kier molecular flexibility index (Phi) is 3.12. The second kappa shape index (κ2) is 5.17. The van der Waals surface area contributed by atoms with E-state index in [0.29, 0.717) is 15.9 Å². The molecule has 0 saturated carbocycles. The first kappa shape index (κ1) is 13.9. The Bertz CT molecular complexity index is 1140. The molecular formula is C17H11FN2O2S. The number of hydrogen-bond acceptors (Lipinski definition) is 3. The van der Waals surface area contributed by atoms with Crippen LogP contribution in [0.15, 0.2) is 57.7 Å². The van der Waals surface area contributed by atoms with E-state index in [1.807, 2.05) is 18.2 Å². The van der Waals surface area contributed by atoms with Crippen LogP contribution in [0.2, 0.25) is 0 Å². The lowest BCUT2D eigenvalue weighted by Crippen LogP contribution is -2.22. The lowest BCUT2D eigenvalue weighted by molar-refractivity contribution is 0.623. The Hall–Kier alpha value is -2.73. The van der Waals surface area contributed by atoms with Crippen LogP contribution in [0.1, 0.15) is 5.56 Å². The zero-order valence-corrected chi connectivity index (χ0v) is 12.7. The third-order valence-corrected chi connectivity index (χ3v) is 4.09. The van der Waals surface area contributed by atoms with Gasteiger partial charge in [-0.25, -0.2) is 4.39 Å². The van der Waals surface area contributed by atoms with Crippen molar-refractivity contribution in [2.75, 3.05) is 0 Å². The predicted octanol–water partition coefficient (Wildman–Crippen LogP) is 3.99. The van der Waals surface area contributed by atoms with Crippen molar-refractivity contribution in [2.24, 2.45) is 0 Å². The molecule has 2 heterocycles. The number of halogens is 1. The summed E-state index contributed by atoms with van der Waals surface area (Å²) in [6, 6.07) is 13.3. The van der Waals surface area contributed by atoms with Crippen LogP contribution in [0, 0.1) is 10.6 Å². The molecule has 0 radical (unpaired) electrons. The van der Waals surface area contributed by atoms with E-state index < -0.39 is 0 Å². The molecular weight excluding hydrogens is 315 g/mol. The highest BCUT2D eigenvalue weighted by atomic mass is 32.1. The van der Waals surface area contributed by atoms with Crippen molar-refractivity contribution in [1.82, 2.24) is 9.55 Å². The molecule has 2 aromatic carbocycles. The molecule has 0 bridgehead atoms. The Balaban J connectivity index is 1.94. The molecule has 1 N–H and O–H groups in total. The Morgan fingerprint density at radius 3 is 2.65 bits per heavy atom. The normalized spacial score (nSPS) is 11.3. The van der Waals surface area contributed by atoms with Gasteiger partial charge in [-0.1, -0.05) is 24.3 Å². The van der Waals surface area contributed by atoms with Crippen LogP contribution in [-0.2, 0) is 6.54 Å². The van der Waals surface area contributed by atoms with E-state index in [-0.39, 0.29) is 23.5 Å². The number of para-hydroxylation sites is 1. The van der Waals surface area contributed by atoms with Crippen LogP contribution < -0.4 is 5.56 Å². The van der Waals surface area contributed by atoms with Crippen LogP contribution in [0.4, 0.5) is 4.39 Å². The molecule has 0 atom stereocenters. The third kappa shape index (κ3) is 2.27. The molecule has 0 saturated heterocycles. The SMILES string of the molecule is O=c1c2oc3ccccc3c2[nH]c(=S)n1Cc1ccc(F)cc1. The lowest BCUT2D eigenvalue weighted by Gasteiger charge is -2.06. The summed E-state index contributed by atoms with van der Waals surface area (Å²) in [5, 5.41) is 0.819. The van der Waals surface area contributed by atoms with Crippen LogP contribution in [0.5, 0.6) is 0 Å². The maximum Gasteiger partial charge on any atom is 0.298 e. The summed E-state index contributed by atoms with van der Waals surface area (Å²) in [7, 11) is 0. The average Bonchev–Trinajstić information content (AvgIpc) is 2.92. The molecule has 2 aromatic heterocycles. The molecule has 4 nitrogen and oxygen atoms in total. The molecule has 114 valence electrons. The number of hydrogen-bond donors (Lipinski definition) is 1. The summed E-state index contributed by atoms with van der Waals surface area (Å²) in [6.45, 7) is 0.251. The molecule has 0 spiro atoms. The van der Waals surface area contributed by atoms with Gasteiger partial charge in [-0.05, 0) is 42.0 Å². The highest BCUT2D eigenvalue weighted by molar-refractivity contribution is 7.71. The van der Waals surface area contributed by atoms with Crippen molar-refractivity contribution in [3.8, 4) is 0 Å². The fourth-order valence-electron chi connectivity index (χ4n) is 2.63. The van der Waals surface area contributed by atoms with Gasteiger partial charge in [0.1, 0.15) is 16.9 Å². The average molecular weight is 326 g/mol. The first-order chi connectivity index (χ1) is 11.1. The Labute approximate surface area is 134 Å². The van der Waals surface area contributed by atoms with Crippen molar-refractivity contribution in [1.29, 1.82) is 0 Å². The van der Waals surface area contributed by atoms with E-state index in [4.69, 9.17) is 16.6 Å². The van der Waals surface area contributed by atoms with E-state index in [1.165, 1.54) is 16.7 Å². The highest BCUT2D eigenvalue weighted by Gasteiger charge is 2.13. The van der Waals surface area contributed by atoms with Crippen LogP contribution >= 0.6 is 12.2 Å². The maximum atomic E-state index is 13.0. The zero-order chi connectivity index (χ0) is 16.0.